The largest absolute Gasteiger partial charge is 0.477 e. The molecule has 0 radical (unpaired) electrons. The van der Waals surface area contributed by atoms with Gasteiger partial charge < -0.3 is 15.4 Å². The van der Waals surface area contributed by atoms with Crippen LogP contribution in [0.2, 0.25) is 0 Å². The van der Waals surface area contributed by atoms with Gasteiger partial charge in [0, 0.05) is 22.2 Å². The number of amides is 1. The minimum atomic E-state index is -1.11. The van der Waals surface area contributed by atoms with Crippen LogP contribution < -0.4 is 5.32 Å². The van der Waals surface area contributed by atoms with E-state index in [1.807, 2.05) is 6.07 Å². The number of benzene rings is 2. The number of hydrogen-bond acceptors (Lipinski definition) is 3. The van der Waals surface area contributed by atoms with E-state index < -0.39 is 5.97 Å². The highest BCUT2D eigenvalue weighted by Gasteiger charge is 2.19. The fourth-order valence-electron chi connectivity index (χ4n) is 2.60. The van der Waals surface area contributed by atoms with Crippen molar-refractivity contribution in [2.45, 2.75) is 6.42 Å². The second-order valence-electron chi connectivity index (χ2n) is 5.25. The Hall–Kier alpha value is -3.59. The monoisotopic (exact) mass is 319 g/mol. The van der Waals surface area contributed by atoms with E-state index in [1.165, 1.54) is 0 Å². The lowest BCUT2D eigenvalue weighted by molar-refractivity contribution is -0.115. The molecule has 0 saturated heterocycles. The normalized spacial score (nSPS) is 10.3. The van der Waals surface area contributed by atoms with Crippen LogP contribution in [0.3, 0.4) is 0 Å². The third-order valence-corrected chi connectivity index (χ3v) is 3.64. The van der Waals surface area contributed by atoms with E-state index in [0.29, 0.717) is 27.7 Å². The average Bonchev–Trinajstić information content (AvgIpc) is 2.94. The summed E-state index contributed by atoms with van der Waals surface area (Å²) in [5.74, 6) is -1.46. The van der Waals surface area contributed by atoms with Crippen molar-refractivity contribution in [2.75, 3.05) is 5.32 Å². The molecule has 0 atom stereocenters. The molecule has 3 rings (SSSR count). The molecule has 6 nitrogen and oxygen atoms in total. The highest BCUT2D eigenvalue weighted by Crippen LogP contribution is 2.23. The predicted molar refractivity (Wildman–Crippen MR) is 88.7 cm³/mol. The number of rotatable bonds is 4. The number of nitrogens with one attached hydrogen (secondary N) is 2. The van der Waals surface area contributed by atoms with E-state index >= 15 is 0 Å². The van der Waals surface area contributed by atoms with Crippen LogP contribution in [-0.2, 0) is 11.2 Å². The van der Waals surface area contributed by atoms with Crippen molar-refractivity contribution in [3.05, 3.63) is 65.4 Å². The molecule has 1 amide bonds. The zero-order chi connectivity index (χ0) is 17.1. The zero-order valence-electron chi connectivity index (χ0n) is 12.5. The van der Waals surface area contributed by atoms with Crippen molar-refractivity contribution < 1.29 is 14.7 Å². The van der Waals surface area contributed by atoms with Crippen LogP contribution in [0.4, 0.5) is 5.69 Å². The van der Waals surface area contributed by atoms with E-state index in [9.17, 15) is 14.7 Å². The number of para-hydroxylation sites is 1. The quantitative estimate of drug-likeness (QED) is 0.687. The van der Waals surface area contributed by atoms with Gasteiger partial charge in [-0.05, 0) is 24.3 Å². The summed E-state index contributed by atoms with van der Waals surface area (Å²) in [6.07, 6.45) is -0.0809. The molecular weight excluding hydrogens is 306 g/mol. The van der Waals surface area contributed by atoms with E-state index in [-0.39, 0.29) is 18.0 Å². The first-order valence-corrected chi connectivity index (χ1v) is 7.21. The second kappa shape index (κ2) is 6.26. The predicted octanol–water partition coefficient (Wildman–Crippen LogP) is 2.92. The minimum absolute atomic E-state index is 0.0112. The summed E-state index contributed by atoms with van der Waals surface area (Å²) >= 11 is 0. The second-order valence-corrected chi connectivity index (χ2v) is 5.25. The molecule has 0 saturated carbocycles. The standard InChI is InChI=1S/C18H13N3O3/c19-10-11-4-3-5-12(8-11)20-16(22)9-14-13-6-1-2-7-15(13)21-17(14)18(23)24/h1-8,21H,9H2,(H,20,22)(H,23,24). The Morgan fingerprint density at radius 3 is 2.71 bits per heavy atom. The van der Waals surface area contributed by atoms with Crippen molar-refractivity contribution in [3.63, 3.8) is 0 Å². The number of fused-ring (bicyclic) bond motifs is 1. The molecule has 0 unspecified atom stereocenters. The van der Waals surface area contributed by atoms with Crippen LogP contribution in [-0.4, -0.2) is 22.0 Å². The molecule has 118 valence electrons. The molecule has 2 aromatic carbocycles. The molecular formula is C18H13N3O3. The fraction of sp³-hybridized carbons (Fsp3) is 0.0556. The Morgan fingerprint density at radius 2 is 1.96 bits per heavy atom. The highest BCUT2D eigenvalue weighted by molar-refractivity contribution is 6.02. The summed E-state index contributed by atoms with van der Waals surface area (Å²) in [7, 11) is 0. The van der Waals surface area contributed by atoms with Gasteiger partial charge in [-0.2, -0.15) is 5.26 Å². The number of aromatic carboxylic acids is 1. The third kappa shape index (κ3) is 2.96. The van der Waals surface area contributed by atoms with Crippen molar-refractivity contribution >= 4 is 28.5 Å². The molecule has 0 aliphatic carbocycles. The lowest BCUT2D eigenvalue weighted by Gasteiger charge is -2.06. The number of H-pyrrole nitrogens is 1. The van der Waals surface area contributed by atoms with E-state index in [4.69, 9.17) is 5.26 Å². The van der Waals surface area contributed by atoms with Gasteiger partial charge in [-0.1, -0.05) is 24.3 Å². The van der Waals surface area contributed by atoms with E-state index in [0.717, 1.165) is 0 Å². The number of nitriles is 1. The SMILES string of the molecule is N#Cc1cccc(NC(=O)Cc2c(C(=O)O)[nH]c3ccccc23)c1. The van der Waals surface area contributed by atoms with Gasteiger partial charge in [-0.25, -0.2) is 4.79 Å². The van der Waals surface area contributed by atoms with Gasteiger partial charge in [-0.15, -0.1) is 0 Å². The van der Waals surface area contributed by atoms with Gasteiger partial charge in [0.05, 0.1) is 18.1 Å². The smallest absolute Gasteiger partial charge is 0.352 e. The molecule has 0 aliphatic heterocycles. The van der Waals surface area contributed by atoms with Crippen molar-refractivity contribution in [3.8, 4) is 6.07 Å². The van der Waals surface area contributed by atoms with Crippen LogP contribution in [0, 0.1) is 11.3 Å². The first-order chi connectivity index (χ1) is 11.6. The maximum atomic E-state index is 12.3. The molecule has 3 N–H and O–H groups in total. The van der Waals surface area contributed by atoms with Crippen LogP contribution >= 0.6 is 0 Å². The number of carbonyl (C=O) groups is 2. The molecule has 0 bridgehead atoms. The van der Waals surface area contributed by atoms with Crippen molar-refractivity contribution in [1.29, 1.82) is 5.26 Å². The molecule has 3 aromatic rings. The van der Waals surface area contributed by atoms with Gasteiger partial charge in [-0.3, -0.25) is 4.79 Å². The summed E-state index contributed by atoms with van der Waals surface area (Å²) < 4.78 is 0. The Kier molecular flexibility index (Phi) is 4.00. The molecule has 24 heavy (non-hydrogen) atoms. The third-order valence-electron chi connectivity index (χ3n) is 3.64. The van der Waals surface area contributed by atoms with Crippen LogP contribution in [0.25, 0.3) is 10.9 Å². The van der Waals surface area contributed by atoms with Crippen LogP contribution in [0.5, 0.6) is 0 Å². The minimum Gasteiger partial charge on any atom is -0.477 e. The Bertz CT molecular complexity index is 983. The maximum Gasteiger partial charge on any atom is 0.352 e. The molecule has 1 aromatic heterocycles. The van der Waals surface area contributed by atoms with E-state index in [1.54, 1.807) is 48.5 Å². The highest BCUT2D eigenvalue weighted by atomic mass is 16.4. The zero-order valence-corrected chi connectivity index (χ0v) is 12.5. The lowest BCUT2D eigenvalue weighted by Crippen LogP contribution is -2.16. The van der Waals surface area contributed by atoms with Gasteiger partial charge in [0.25, 0.3) is 0 Å². The Balaban J connectivity index is 1.89. The number of carboxylic acids is 1. The average molecular weight is 319 g/mol. The van der Waals surface area contributed by atoms with Gasteiger partial charge in [0.15, 0.2) is 0 Å². The summed E-state index contributed by atoms with van der Waals surface area (Å²) in [6.45, 7) is 0. The fourth-order valence-corrected chi connectivity index (χ4v) is 2.60. The molecule has 6 heteroatoms. The number of anilines is 1. The van der Waals surface area contributed by atoms with Gasteiger partial charge >= 0.3 is 5.97 Å². The topological polar surface area (TPSA) is 106 Å². The number of carboxylic acid groups (broad SMARTS) is 1. The number of carbonyl (C=O) groups excluding carboxylic acids is 1. The number of nitrogens with zero attached hydrogens (tertiary/aromatic N) is 1. The first kappa shape index (κ1) is 15.3. The number of aromatic amines is 1. The Morgan fingerprint density at radius 1 is 1.17 bits per heavy atom. The number of hydrogen-bond donors (Lipinski definition) is 3. The molecule has 0 fully saturated rings. The first-order valence-electron chi connectivity index (χ1n) is 7.21. The van der Waals surface area contributed by atoms with Gasteiger partial charge in [0.2, 0.25) is 5.91 Å². The molecule has 1 heterocycles. The number of aromatic nitrogens is 1. The summed E-state index contributed by atoms with van der Waals surface area (Å²) in [6, 6.07) is 15.7. The van der Waals surface area contributed by atoms with Crippen LogP contribution in [0.15, 0.2) is 48.5 Å². The maximum absolute atomic E-state index is 12.3. The van der Waals surface area contributed by atoms with Crippen molar-refractivity contribution in [1.82, 2.24) is 4.98 Å². The molecule has 0 spiro atoms. The van der Waals surface area contributed by atoms with Crippen LogP contribution in [0.1, 0.15) is 21.6 Å². The summed E-state index contributed by atoms with van der Waals surface area (Å²) in [5, 5.41) is 21.6. The summed E-state index contributed by atoms with van der Waals surface area (Å²) in [5.41, 5.74) is 2.05. The Labute approximate surface area is 137 Å². The lowest BCUT2D eigenvalue weighted by atomic mass is 10.1. The molecule has 0 aliphatic rings. The van der Waals surface area contributed by atoms with Gasteiger partial charge in [0.1, 0.15) is 5.69 Å². The van der Waals surface area contributed by atoms with Crippen molar-refractivity contribution in [2.24, 2.45) is 0 Å². The summed E-state index contributed by atoms with van der Waals surface area (Å²) in [4.78, 5) is 26.5. The van der Waals surface area contributed by atoms with E-state index in [2.05, 4.69) is 10.3 Å².